The van der Waals surface area contributed by atoms with Crippen LogP contribution in [0.2, 0.25) is 5.02 Å². The van der Waals surface area contributed by atoms with Crippen LogP contribution in [0.15, 0.2) is 18.2 Å². The van der Waals surface area contributed by atoms with Crippen LogP contribution in [0.5, 0.6) is 0 Å². The van der Waals surface area contributed by atoms with Crippen molar-refractivity contribution < 1.29 is 18.7 Å². The van der Waals surface area contributed by atoms with Gasteiger partial charge in [-0.1, -0.05) is 11.6 Å². The van der Waals surface area contributed by atoms with E-state index in [-0.39, 0.29) is 22.0 Å². The van der Waals surface area contributed by atoms with Gasteiger partial charge in [0.25, 0.3) is 0 Å². The minimum Gasteiger partial charge on any atom is -0.476 e. The highest BCUT2D eigenvalue weighted by Gasteiger charge is 2.17. The Morgan fingerprint density at radius 3 is 2.56 bits per heavy atom. The van der Waals surface area contributed by atoms with Crippen molar-refractivity contribution in [1.29, 1.82) is 0 Å². The molecule has 18 heavy (non-hydrogen) atoms. The third-order valence-electron chi connectivity index (χ3n) is 2.38. The van der Waals surface area contributed by atoms with Gasteiger partial charge in [0, 0.05) is 18.7 Å². The smallest absolute Gasteiger partial charge is 0.356 e. The van der Waals surface area contributed by atoms with Crippen molar-refractivity contribution in [2.24, 2.45) is 7.05 Å². The molecule has 0 fully saturated rings. The highest BCUT2D eigenvalue weighted by molar-refractivity contribution is 6.31. The number of aromatic nitrogens is 2. The van der Waals surface area contributed by atoms with Gasteiger partial charge in [0.15, 0.2) is 5.69 Å². The van der Waals surface area contributed by atoms with Crippen LogP contribution in [-0.4, -0.2) is 20.9 Å². The summed E-state index contributed by atoms with van der Waals surface area (Å²) in [6.07, 6.45) is 0. The van der Waals surface area contributed by atoms with Gasteiger partial charge < -0.3 is 5.11 Å². The number of hydrogen-bond donors (Lipinski definition) is 1. The highest BCUT2D eigenvalue weighted by atomic mass is 35.5. The zero-order valence-electron chi connectivity index (χ0n) is 9.12. The molecule has 1 aromatic carbocycles. The number of rotatable bonds is 2. The molecule has 0 spiro atoms. The average Bonchev–Trinajstić information content (AvgIpc) is 2.66. The second kappa shape index (κ2) is 4.38. The Morgan fingerprint density at radius 1 is 1.33 bits per heavy atom. The number of aryl methyl sites for hydroxylation is 1. The van der Waals surface area contributed by atoms with E-state index in [0.29, 0.717) is 6.07 Å². The van der Waals surface area contributed by atoms with Crippen molar-refractivity contribution in [2.75, 3.05) is 0 Å². The normalized spacial score (nSPS) is 10.7. The minimum absolute atomic E-state index is 0.0103. The number of halogens is 3. The lowest BCUT2D eigenvalue weighted by Gasteiger charge is -2.04. The van der Waals surface area contributed by atoms with Crippen molar-refractivity contribution in [2.45, 2.75) is 0 Å². The maximum Gasteiger partial charge on any atom is 0.356 e. The first kappa shape index (κ1) is 12.5. The Bertz CT molecular complexity index is 640. The fourth-order valence-corrected chi connectivity index (χ4v) is 1.71. The summed E-state index contributed by atoms with van der Waals surface area (Å²) >= 11 is 5.57. The molecule has 0 radical (unpaired) electrons. The number of hydrogen-bond acceptors (Lipinski definition) is 2. The fourth-order valence-electron chi connectivity index (χ4n) is 1.54. The second-order valence-corrected chi connectivity index (χ2v) is 4.00. The first-order chi connectivity index (χ1) is 8.40. The number of carboxylic acids is 1. The predicted molar refractivity (Wildman–Crippen MR) is 60.5 cm³/mol. The number of nitrogens with zero attached hydrogens (tertiary/aromatic N) is 2. The van der Waals surface area contributed by atoms with Crippen molar-refractivity contribution in [1.82, 2.24) is 9.78 Å². The van der Waals surface area contributed by atoms with Gasteiger partial charge in [0.05, 0.1) is 10.7 Å². The van der Waals surface area contributed by atoms with Crippen molar-refractivity contribution in [3.05, 3.63) is 40.6 Å². The van der Waals surface area contributed by atoms with Crippen LogP contribution in [0.3, 0.4) is 0 Å². The van der Waals surface area contributed by atoms with Gasteiger partial charge in [-0.05, 0) is 12.1 Å². The molecule has 0 aliphatic carbocycles. The SMILES string of the molecule is Cn1nc(C(=O)O)cc1-c1cc(Cl)c(F)cc1F. The largest absolute Gasteiger partial charge is 0.476 e. The Morgan fingerprint density at radius 2 is 2.00 bits per heavy atom. The van der Waals surface area contributed by atoms with E-state index in [9.17, 15) is 13.6 Å². The van der Waals surface area contributed by atoms with Crippen LogP contribution in [0, 0.1) is 11.6 Å². The molecule has 1 aromatic heterocycles. The molecule has 0 aliphatic rings. The molecule has 0 aliphatic heterocycles. The molecule has 2 rings (SSSR count). The van der Waals surface area contributed by atoms with Gasteiger partial charge >= 0.3 is 5.97 Å². The zero-order chi connectivity index (χ0) is 13.4. The molecule has 0 saturated carbocycles. The van der Waals surface area contributed by atoms with E-state index in [4.69, 9.17) is 16.7 Å². The van der Waals surface area contributed by atoms with E-state index in [1.54, 1.807) is 0 Å². The molecule has 0 amide bonds. The molecule has 4 nitrogen and oxygen atoms in total. The van der Waals surface area contributed by atoms with Crippen LogP contribution in [0.4, 0.5) is 8.78 Å². The summed E-state index contributed by atoms with van der Waals surface area (Å²) in [5, 5.41) is 12.2. The van der Waals surface area contributed by atoms with E-state index in [1.165, 1.54) is 17.8 Å². The summed E-state index contributed by atoms with van der Waals surface area (Å²) in [5.41, 5.74) is -0.0388. The van der Waals surface area contributed by atoms with Crippen LogP contribution in [-0.2, 0) is 7.05 Å². The van der Waals surface area contributed by atoms with Gasteiger partial charge in [-0.2, -0.15) is 5.10 Å². The fraction of sp³-hybridized carbons (Fsp3) is 0.0909. The molecule has 7 heteroatoms. The predicted octanol–water partition coefficient (Wildman–Crippen LogP) is 2.72. The van der Waals surface area contributed by atoms with Crippen LogP contribution in [0.25, 0.3) is 11.3 Å². The summed E-state index contributed by atoms with van der Waals surface area (Å²) in [5.74, 6) is -2.94. The first-order valence-electron chi connectivity index (χ1n) is 4.82. The molecule has 0 saturated heterocycles. The minimum atomic E-state index is -1.23. The summed E-state index contributed by atoms with van der Waals surface area (Å²) in [6, 6.07) is 2.93. The zero-order valence-corrected chi connectivity index (χ0v) is 9.87. The first-order valence-corrected chi connectivity index (χ1v) is 5.20. The van der Waals surface area contributed by atoms with Gasteiger partial charge in [-0.3, -0.25) is 4.68 Å². The molecular formula is C11H7ClF2N2O2. The number of carbonyl (C=O) groups is 1. The quantitative estimate of drug-likeness (QED) is 0.855. The molecule has 0 atom stereocenters. The summed E-state index contributed by atoms with van der Waals surface area (Å²) in [6.45, 7) is 0. The molecule has 0 unspecified atom stereocenters. The number of benzene rings is 1. The van der Waals surface area contributed by atoms with Crippen LogP contribution < -0.4 is 0 Å². The molecular weight excluding hydrogens is 266 g/mol. The number of aromatic carboxylic acids is 1. The molecule has 1 N–H and O–H groups in total. The lowest BCUT2D eigenvalue weighted by molar-refractivity contribution is 0.0689. The maximum atomic E-state index is 13.6. The molecule has 0 bridgehead atoms. The monoisotopic (exact) mass is 272 g/mol. The topological polar surface area (TPSA) is 55.1 Å². The lowest BCUT2D eigenvalue weighted by atomic mass is 10.1. The molecule has 94 valence electrons. The summed E-state index contributed by atoms with van der Waals surface area (Å²) in [4.78, 5) is 10.7. The van der Waals surface area contributed by atoms with Crippen molar-refractivity contribution in [3.8, 4) is 11.3 Å². The van der Waals surface area contributed by atoms with Crippen molar-refractivity contribution >= 4 is 17.6 Å². The third kappa shape index (κ3) is 2.06. The molecule has 2 aromatic rings. The van der Waals surface area contributed by atoms with E-state index < -0.39 is 17.6 Å². The second-order valence-electron chi connectivity index (χ2n) is 3.59. The average molecular weight is 273 g/mol. The van der Waals surface area contributed by atoms with E-state index >= 15 is 0 Å². The van der Waals surface area contributed by atoms with Gasteiger partial charge in [0.1, 0.15) is 11.6 Å². The highest BCUT2D eigenvalue weighted by Crippen LogP contribution is 2.28. The third-order valence-corrected chi connectivity index (χ3v) is 2.67. The van der Waals surface area contributed by atoms with E-state index in [1.807, 2.05) is 0 Å². The Balaban J connectivity index is 2.62. The summed E-state index contributed by atoms with van der Waals surface area (Å²) < 4.78 is 27.8. The Labute approximate surface area is 105 Å². The van der Waals surface area contributed by atoms with Crippen LogP contribution >= 0.6 is 11.6 Å². The van der Waals surface area contributed by atoms with E-state index in [0.717, 1.165) is 6.07 Å². The summed E-state index contributed by atoms with van der Waals surface area (Å²) in [7, 11) is 1.46. The number of carboxylic acid groups (broad SMARTS) is 1. The van der Waals surface area contributed by atoms with E-state index in [2.05, 4.69) is 5.10 Å². The lowest BCUT2D eigenvalue weighted by Crippen LogP contribution is -1.99. The molecule has 1 heterocycles. The van der Waals surface area contributed by atoms with Gasteiger partial charge in [-0.25, -0.2) is 13.6 Å². The standard InChI is InChI=1S/C11H7ClF2N2O2/c1-16-10(4-9(15-16)11(17)18)5-2-6(12)8(14)3-7(5)13/h2-4H,1H3,(H,17,18). The maximum absolute atomic E-state index is 13.6. The van der Waals surface area contributed by atoms with Crippen molar-refractivity contribution in [3.63, 3.8) is 0 Å². The Hall–Kier alpha value is -1.95. The van der Waals surface area contributed by atoms with Gasteiger partial charge in [-0.15, -0.1) is 0 Å². The van der Waals surface area contributed by atoms with Crippen LogP contribution in [0.1, 0.15) is 10.5 Å². The van der Waals surface area contributed by atoms with Gasteiger partial charge in [0.2, 0.25) is 0 Å². The Kier molecular flexibility index (Phi) is 3.04.